The fraction of sp³-hybridized carbons (Fsp3) is 0.464. The van der Waals surface area contributed by atoms with Gasteiger partial charge in [0.25, 0.3) is 0 Å². The summed E-state index contributed by atoms with van der Waals surface area (Å²) in [6.45, 7) is 5.24. The summed E-state index contributed by atoms with van der Waals surface area (Å²) in [6, 6.07) is 12.9. The Labute approximate surface area is 242 Å². The van der Waals surface area contributed by atoms with E-state index >= 15 is 0 Å². The molecule has 0 spiro atoms. The molecule has 3 heterocycles. The van der Waals surface area contributed by atoms with Crippen molar-refractivity contribution in [2.45, 2.75) is 32.7 Å². The van der Waals surface area contributed by atoms with Gasteiger partial charge in [0.2, 0.25) is 5.91 Å². The molecule has 8 nitrogen and oxygen atoms in total. The van der Waals surface area contributed by atoms with Crippen LogP contribution in [0.15, 0.2) is 48.5 Å². The largest absolute Gasteiger partial charge is 0.573 e. The maximum absolute atomic E-state index is 14.2. The number of fused-ring (bicyclic) bond motifs is 1. The Kier molecular flexibility index (Phi) is 8.51. The first-order valence-corrected chi connectivity index (χ1v) is 15.7. The number of likely N-dealkylation sites (N-methyl/N-ethyl adjacent to an activating group) is 1. The second-order valence-corrected chi connectivity index (χ2v) is 13.4. The monoisotopic (exact) mass is 610 g/mol. The van der Waals surface area contributed by atoms with Crippen molar-refractivity contribution in [3.63, 3.8) is 0 Å². The summed E-state index contributed by atoms with van der Waals surface area (Å²) in [5.74, 6) is -0.500. The number of ether oxygens (including phenoxy) is 1. The van der Waals surface area contributed by atoms with Gasteiger partial charge in [0.05, 0.1) is 6.54 Å². The smallest absolute Gasteiger partial charge is 0.406 e. The molecule has 0 N–H and O–H groups in total. The number of piperazine rings is 1. The van der Waals surface area contributed by atoms with Crippen LogP contribution in [-0.2, 0) is 21.5 Å². The first-order valence-electron chi connectivity index (χ1n) is 13.5. The lowest BCUT2D eigenvalue weighted by Gasteiger charge is -2.38. The topological polar surface area (TPSA) is 73.4 Å². The van der Waals surface area contributed by atoms with E-state index < -0.39 is 16.6 Å². The first kappa shape index (κ1) is 29.6. The number of piperidine rings is 1. The van der Waals surface area contributed by atoms with Crippen LogP contribution in [0.1, 0.15) is 24.0 Å². The number of benzene rings is 2. The minimum Gasteiger partial charge on any atom is -0.406 e. The van der Waals surface area contributed by atoms with Crippen LogP contribution < -0.4 is 9.04 Å². The molecule has 222 valence electrons. The molecule has 0 radical (unpaired) electrons. The Morgan fingerprint density at radius 3 is 2.24 bits per heavy atom. The highest BCUT2D eigenvalue weighted by Gasteiger charge is 2.38. The molecule has 2 aliphatic rings. The van der Waals surface area contributed by atoms with Crippen LogP contribution in [0.4, 0.5) is 18.2 Å². The van der Waals surface area contributed by atoms with Crippen molar-refractivity contribution in [2.75, 3.05) is 50.6 Å². The lowest BCUT2D eigenvalue weighted by atomic mass is 9.96. The maximum Gasteiger partial charge on any atom is 0.573 e. The number of anilines is 1. The summed E-state index contributed by atoms with van der Waals surface area (Å²) in [5.41, 5.74) is 1.33. The summed E-state index contributed by atoms with van der Waals surface area (Å²) in [6.07, 6.45) is -3.94. The molecule has 2 aromatic carbocycles. The van der Waals surface area contributed by atoms with Crippen molar-refractivity contribution in [3.05, 3.63) is 59.7 Å². The third-order valence-corrected chi connectivity index (χ3v) is 11.0. The molecular weight excluding hydrogens is 577 g/mol. The number of amides is 1. The van der Waals surface area contributed by atoms with E-state index in [0.29, 0.717) is 36.5 Å². The van der Waals surface area contributed by atoms with Gasteiger partial charge in [-0.1, -0.05) is 30.3 Å². The molecule has 41 heavy (non-hydrogen) atoms. The number of alkyl halides is 3. The van der Waals surface area contributed by atoms with Gasteiger partial charge in [-0.25, -0.2) is 4.31 Å². The predicted molar refractivity (Wildman–Crippen MR) is 153 cm³/mol. The average Bonchev–Trinajstić information content (AvgIpc) is 3.27. The van der Waals surface area contributed by atoms with Gasteiger partial charge in [-0.3, -0.25) is 4.79 Å². The van der Waals surface area contributed by atoms with E-state index in [9.17, 15) is 26.4 Å². The summed E-state index contributed by atoms with van der Waals surface area (Å²) in [7, 11) is -2.00. The van der Waals surface area contributed by atoms with E-state index in [1.807, 2.05) is 43.1 Å². The van der Waals surface area contributed by atoms with E-state index in [2.05, 4.69) is 9.64 Å². The zero-order valence-electron chi connectivity index (χ0n) is 22.9. The number of carbonyl (C=O) groups excluding carboxylic acids is 1. The molecule has 0 bridgehead atoms. The predicted octanol–water partition coefficient (Wildman–Crippen LogP) is 4.85. The Balaban J connectivity index is 1.38. The number of hydrogen-bond donors (Lipinski definition) is 0. The second-order valence-electron chi connectivity index (χ2n) is 10.5. The molecule has 0 aliphatic carbocycles. The third kappa shape index (κ3) is 6.63. The molecule has 0 atom stereocenters. The first-order chi connectivity index (χ1) is 19.4. The van der Waals surface area contributed by atoms with Gasteiger partial charge < -0.3 is 14.5 Å². The Bertz CT molecular complexity index is 1480. The Morgan fingerprint density at radius 2 is 1.63 bits per heavy atom. The van der Waals surface area contributed by atoms with Crippen molar-refractivity contribution in [1.82, 2.24) is 14.1 Å². The fourth-order valence-corrected chi connectivity index (χ4v) is 8.50. The van der Waals surface area contributed by atoms with Crippen molar-refractivity contribution < 1.29 is 31.1 Å². The standard InChI is InChI=1S/C28H33F3N4O4S2/c1-20-24-5-3-4-6-25(24)40-27(20)35(19-21-7-9-23(10-8-21)39-28(29,30)31)41(37,38)34-13-11-22(12-14-34)26(36)33-17-15-32(2)16-18-33/h3-10,22H,11-19H2,1-2H3. The zero-order valence-corrected chi connectivity index (χ0v) is 24.6. The van der Waals surface area contributed by atoms with Gasteiger partial charge in [0, 0.05) is 49.9 Å². The van der Waals surface area contributed by atoms with Crippen molar-refractivity contribution in [3.8, 4) is 5.75 Å². The van der Waals surface area contributed by atoms with Crippen LogP contribution in [0.25, 0.3) is 10.1 Å². The lowest BCUT2D eigenvalue weighted by molar-refractivity contribution is -0.274. The molecule has 2 fully saturated rings. The molecule has 2 aliphatic heterocycles. The molecule has 0 unspecified atom stereocenters. The van der Waals surface area contributed by atoms with Crippen molar-refractivity contribution in [2.24, 2.45) is 5.92 Å². The number of aryl methyl sites for hydroxylation is 1. The molecule has 2 saturated heterocycles. The van der Waals surface area contributed by atoms with Gasteiger partial charge in [-0.15, -0.1) is 24.5 Å². The van der Waals surface area contributed by atoms with E-state index in [1.54, 1.807) is 0 Å². The highest BCUT2D eigenvalue weighted by Crippen LogP contribution is 2.40. The minimum absolute atomic E-state index is 0.0670. The Hall–Kier alpha value is -2.87. The number of halogens is 3. The molecule has 1 amide bonds. The summed E-state index contributed by atoms with van der Waals surface area (Å²) in [4.78, 5) is 17.2. The van der Waals surface area contributed by atoms with Crippen LogP contribution in [0, 0.1) is 12.8 Å². The minimum atomic E-state index is -4.82. The Morgan fingerprint density at radius 1 is 1.00 bits per heavy atom. The molecule has 13 heteroatoms. The van der Waals surface area contributed by atoms with Crippen LogP contribution in [0.3, 0.4) is 0 Å². The number of carbonyl (C=O) groups is 1. The summed E-state index contributed by atoms with van der Waals surface area (Å²) in [5, 5.41) is 1.50. The van der Waals surface area contributed by atoms with Gasteiger partial charge in [0.1, 0.15) is 10.8 Å². The number of thiophene rings is 1. The molecular formula is C28H33F3N4O4S2. The van der Waals surface area contributed by atoms with Crippen molar-refractivity contribution >= 4 is 42.5 Å². The fourth-order valence-electron chi connectivity index (χ4n) is 5.38. The van der Waals surface area contributed by atoms with Crippen molar-refractivity contribution in [1.29, 1.82) is 0 Å². The van der Waals surface area contributed by atoms with Gasteiger partial charge in [0.15, 0.2) is 0 Å². The molecule has 5 rings (SSSR count). The van der Waals surface area contributed by atoms with Crippen LogP contribution in [0.2, 0.25) is 0 Å². The second kappa shape index (κ2) is 11.8. The van der Waals surface area contributed by atoms with Crippen LogP contribution >= 0.6 is 11.3 Å². The number of hydrogen-bond acceptors (Lipinski definition) is 6. The van der Waals surface area contributed by atoms with Gasteiger partial charge >= 0.3 is 16.6 Å². The van der Waals surface area contributed by atoms with Crippen LogP contribution in [-0.4, -0.2) is 81.1 Å². The average molecular weight is 611 g/mol. The third-order valence-electron chi connectivity index (χ3n) is 7.75. The summed E-state index contributed by atoms with van der Waals surface area (Å²) < 4.78 is 73.9. The van der Waals surface area contributed by atoms with E-state index in [-0.39, 0.29) is 37.2 Å². The quantitative estimate of drug-likeness (QED) is 0.383. The number of nitrogens with zero attached hydrogens (tertiary/aromatic N) is 4. The van der Waals surface area contributed by atoms with Gasteiger partial charge in [-0.2, -0.15) is 12.7 Å². The SMILES string of the molecule is Cc1c(N(Cc2ccc(OC(F)(F)F)cc2)S(=O)(=O)N2CCC(C(=O)N3CCN(C)CC3)CC2)sc2ccccc12. The highest BCUT2D eigenvalue weighted by atomic mass is 32.2. The zero-order chi connectivity index (χ0) is 29.4. The van der Waals surface area contributed by atoms with E-state index in [0.717, 1.165) is 28.7 Å². The summed E-state index contributed by atoms with van der Waals surface area (Å²) >= 11 is 1.36. The molecule has 1 aromatic heterocycles. The normalized spacial score (nSPS) is 18.1. The highest BCUT2D eigenvalue weighted by molar-refractivity contribution is 7.90. The number of rotatable bonds is 7. The van der Waals surface area contributed by atoms with Gasteiger partial charge in [-0.05, 0) is 61.5 Å². The van der Waals surface area contributed by atoms with Crippen LogP contribution in [0.5, 0.6) is 5.75 Å². The molecule has 3 aromatic rings. The maximum atomic E-state index is 14.2. The lowest BCUT2D eigenvalue weighted by Crippen LogP contribution is -2.52. The van der Waals surface area contributed by atoms with E-state index in [4.69, 9.17) is 0 Å². The van der Waals surface area contributed by atoms with E-state index in [1.165, 1.54) is 44.2 Å². The molecule has 0 saturated carbocycles.